The van der Waals surface area contributed by atoms with Gasteiger partial charge in [0.25, 0.3) is 0 Å². The fraction of sp³-hybridized carbons (Fsp3) is 0.105. The number of benzene rings is 2. The van der Waals surface area contributed by atoms with Gasteiger partial charge in [-0.15, -0.1) is 0 Å². The fourth-order valence-electron chi connectivity index (χ4n) is 2.71. The molecule has 3 heteroatoms. The second-order valence-electron chi connectivity index (χ2n) is 5.26. The Bertz CT molecular complexity index is 817. The molecule has 2 nitrogen and oxygen atoms in total. The molecule has 0 amide bonds. The Balaban J connectivity index is 2.27. The zero-order chi connectivity index (χ0) is 15.7. The average Bonchev–Trinajstić information content (AvgIpc) is 2.86. The van der Waals surface area contributed by atoms with Crippen molar-refractivity contribution in [1.29, 1.82) is 0 Å². The number of para-hydroxylation sites is 1. The Morgan fingerprint density at radius 3 is 2.23 bits per heavy atom. The van der Waals surface area contributed by atoms with E-state index in [4.69, 9.17) is 0 Å². The van der Waals surface area contributed by atoms with E-state index < -0.39 is 0 Å². The van der Waals surface area contributed by atoms with E-state index in [1.807, 2.05) is 43.3 Å². The highest BCUT2D eigenvalue weighted by molar-refractivity contribution is 9.10. The molecule has 22 heavy (non-hydrogen) atoms. The first kappa shape index (κ1) is 14.8. The summed E-state index contributed by atoms with van der Waals surface area (Å²) in [6.07, 6.45) is 0. The predicted octanol–water partition coefficient (Wildman–Crippen LogP) is 5.42. The first-order valence-electron chi connectivity index (χ1n) is 7.12. The molecular formula is C19H16BrNO. The molecule has 0 aliphatic carbocycles. The second kappa shape index (κ2) is 5.93. The summed E-state index contributed by atoms with van der Waals surface area (Å²) < 4.78 is 3.18. The summed E-state index contributed by atoms with van der Waals surface area (Å²) in [5, 5.41) is 0. The van der Waals surface area contributed by atoms with Crippen LogP contribution in [-0.4, -0.2) is 10.4 Å². The van der Waals surface area contributed by atoms with Crippen molar-refractivity contribution in [2.75, 3.05) is 0 Å². The lowest BCUT2D eigenvalue weighted by molar-refractivity contribution is 0.101. The zero-order valence-electron chi connectivity index (χ0n) is 12.5. The molecule has 0 radical (unpaired) electrons. The molecule has 0 spiro atoms. The van der Waals surface area contributed by atoms with E-state index in [1.165, 1.54) is 0 Å². The normalized spacial score (nSPS) is 10.7. The second-order valence-corrected chi connectivity index (χ2v) is 6.18. The quantitative estimate of drug-likeness (QED) is 0.576. The third-order valence-electron chi connectivity index (χ3n) is 3.78. The highest BCUT2D eigenvalue weighted by Crippen LogP contribution is 2.30. The third kappa shape index (κ3) is 2.64. The van der Waals surface area contributed by atoms with Gasteiger partial charge in [0.2, 0.25) is 0 Å². The van der Waals surface area contributed by atoms with Crippen molar-refractivity contribution >= 4 is 21.7 Å². The Hall–Kier alpha value is -2.13. The van der Waals surface area contributed by atoms with Gasteiger partial charge in [0.15, 0.2) is 5.78 Å². The lowest BCUT2D eigenvalue weighted by Crippen LogP contribution is -2.01. The van der Waals surface area contributed by atoms with E-state index in [-0.39, 0.29) is 5.78 Å². The number of halogens is 1. The number of Topliss-reactive ketones (excluding diaryl/α,β-unsaturated/α-hetero) is 1. The van der Waals surface area contributed by atoms with Gasteiger partial charge >= 0.3 is 0 Å². The van der Waals surface area contributed by atoms with Gasteiger partial charge in [-0.3, -0.25) is 4.79 Å². The first-order chi connectivity index (χ1) is 10.6. The molecule has 0 saturated carbocycles. The van der Waals surface area contributed by atoms with Crippen molar-refractivity contribution in [1.82, 2.24) is 4.57 Å². The van der Waals surface area contributed by atoms with E-state index in [0.29, 0.717) is 0 Å². The molecule has 0 unspecified atom stereocenters. The molecule has 1 aromatic heterocycles. The van der Waals surface area contributed by atoms with Gasteiger partial charge in [-0.2, -0.15) is 0 Å². The van der Waals surface area contributed by atoms with Gasteiger partial charge < -0.3 is 4.57 Å². The molecule has 2 aromatic carbocycles. The van der Waals surface area contributed by atoms with Crippen LogP contribution in [0.2, 0.25) is 0 Å². The number of hydrogen-bond donors (Lipinski definition) is 0. The van der Waals surface area contributed by atoms with Crippen molar-refractivity contribution in [3.8, 4) is 16.9 Å². The SMILES string of the molecule is CC(=O)c1cc(-c2ccc(Br)cc2)n(-c2ccccc2)c1C. The summed E-state index contributed by atoms with van der Waals surface area (Å²) in [5.74, 6) is 0.0885. The number of nitrogens with zero attached hydrogens (tertiary/aromatic N) is 1. The number of rotatable bonds is 3. The molecule has 0 atom stereocenters. The van der Waals surface area contributed by atoms with Gasteiger partial charge in [-0.1, -0.05) is 46.3 Å². The van der Waals surface area contributed by atoms with E-state index in [0.717, 1.165) is 32.7 Å². The molecule has 3 aromatic rings. The molecule has 0 fully saturated rings. The van der Waals surface area contributed by atoms with E-state index in [1.54, 1.807) is 6.92 Å². The largest absolute Gasteiger partial charge is 0.313 e. The Labute approximate surface area is 138 Å². The van der Waals surface area contributed by atoms with Crippen LogP contribution in [0.25, 0.3) is 16.9 Å². The maximum Gasteiger partial charge on any atom is 0.161 e. The van der Waals surface area contributed by atoms with Gasteiger partial charge in [-0.25, -0.2) is 0 Å². The molecule has 3 rings (SSSR count). The van der Waals surface area contributed by atoms with Crippen LogP contribution in [0.15, 0.2) is 65.1 Å². The number of aromatic nitrogens is 1. The van der Waals surface area contributed by atoms with Crippen molar-refractivity contribution in [3.63, 3.8) is 0 Å². The minimum absolute atomic E-state index is 0.0885. The molecule has 0 saturated heterocycles. The number of carbonyl (C=O) groups is 1. The standard InChI is InChI=1S/C19H16BrNO/c1-13-18(14(2)22)12-19(15-8-10-16(20)11-9-15)21(13)17-6-4-3-5-7-17/h3-12H,1-2H3. The summed E-state index contributed by atoms with van der Waals surface area (Å²) in [7, 11) is 0. The van der Waals surface area contributed by atoms with Crippen LogP contribution in [0, 0.1) is 6.92 Å². The van der Waals surface area contributed by atoms with Crippen molar-refractivity contribution < 1.29 is 4.79 Å². The maximum atomic E-state index is 11.9. The summed E-state index contributed by atoms with van der Waals surface area (Å²) >= 11 is 3.46. The molecule has 0 bridgehead atoms. The third-order valence-corrected chi connectivity index (χ3v) is 4.31. The smallest absolute Gasteiger partial charge is 0.161 e. The lowest BCUT2D eigenvalue weighted by Gasteiger charge is -2.12. The maximum absolute atomic E-state index is 11.9. The molecule has 1 heterocycles. The van der Waals surface area contributed by atoms with Crippen molar-refractivity contribution in [2.24, 2.45) is 0 Å². The highest BCUT2D eigenvalue weighted by atomic mass is 79.9. The molecule has 0 N–H and O–H groups in total. The van der Waals surface area contributed by atoms with Crippen LogP contribution >= 0.6 is 15.9 Å². The number of carbonyl (C=O) groups excluding carboxylic acids is 1. The molecule has 110 valence electrons. The Morgan fingerprint density at radius 1 is 1.00 bits per heavy atom. The van der Waals surface area contributed by atoms with E-state index in [2.05, 4.69) is 44.8 Å². The van der Waals surface area contributed by atoms with Crippen molar-refractivity contribution in [3.05, 3.63) is 76.4 Å². The van der Waals surface area contributed by atoms with Crippen LogP contribution in [0.3, 0.4) is 0 Å². The minimum Gasteiger partial charge on any atom is -0.313 e. The van der Waals surface area contributed by atoms with Crippen LogP contribution < -0.4 is 0 Å². The topological polar surface area (TPSA) is 22.0 Å². The molecule has 0 aliphatic heterocycles. The Kier molecular flexibility index (Phi) is 3.99. The van der Waals surface area contributed by atoms with Gasteiger partial charge in [0.05, 0.1) is 5.69 Å². The summed E-state index contributed by atoms with van der Waals surface area (Å²) in [6.45, 7) is 3.61. The Morgan fingerprint density at radius 2 is 1.64 bits per heavy atom. The van der Waals surface area contributed by atoms with Crippen LogP contribution in [0.1, 0.15) is 23.0 Å². The van der Waals surface area contributed by atoms with E-state index >= 15 is 0 Å². The van der Waals surface area contributed by atoms with E-state index in [9.17, 15) is 4.79 Å². The summed E-state index contributed by atoms with van der Waals surface area (Å²) in [6, 6.07) is 20.2. The average molecular weight is 354 g/mol. The van der Waals surface area contributed by atoms with Gasteiger partial charge in [0, 0.05) is 21.4 Å². The van der Waals surface area contributed by atoms with Crippen LogP contribution in [0.4, 0.5) is 0 Å². The first-order valence-corrected chi connectivity index (χ1v) is 7.92. The van der Waals surface area contributed by atoms with Crippen LogP contribution in [-0.2, 0) is 0 Å². The van der Waals surface area contributed by atoms with Gasteiger partial charge in [0.1, 0.15) is 0 Å². The number of hydrogen-bond acceptors (Lipinski definition) is 1. The monoisotopic (exact) mass is 353 g/mol. The highest BCUT2D eigenvalue weighted by Gasteiger charge is 2.17. The molecule has 0 aliphatic rings. The fourth-order valence-corrected chi connectivity index (χ4v) is 2.97. The zero-order valence-corrected chi connectivity index (χ0v) is 14.1. The van der Waals surface area contributed by atoms with Crippen molar-refractivity contribution in [2.45, 2.75) is 13.8 Å². The minimum atomic E-state index is 0.0885. The summed E-state index contributed by atoms with van der Waals surface area (Å²) in [5.41, 5.74) is 4.91. The summed E-state index contributed by atoms with van der Waals surface area (Å²) in [4.78, 5) is 11.9. The van der Waals surface area contributed by atoms with Crippen LogP contribution in [0.5, 0.6) is 0 Å². The number of ketones is 1. The predicted molar refractivity (Wildman–Crippen MR) is 93.6 cm³/mol. The lowest BCUT2D eigenvalue weighted by atomic mass is 10.1. The van der Waals surface area contributed by atoms with Gasteiger partial charge in [-0.05, 0) is 49.7 Å². The molecular weight excluding hydrogens is 338 g/mol.